The summed E-state index contributed by atoms with van der Waals surface area (Å²) in [5.74, 6) is 0. The smallest absolute Gasteiger partial charge is 0.0665 e. The van der Waals surface area contributed by atoms with Crippen LogP contribution in [0.1, 0.15) is 38.5 Å². The third kappa shape index (κ3) is 6.42. The number of aliphatic hydroxyl groups excluding tert-OH is 1. The van der Waals surface area contributed by atoms with Crippen LogP contribution >= 0.6 is 79.6 Å². The summed E-state index contributed by atoms with van der Waals surface area (Å²) in [5, 5.41) is 10.1. The molecule has 1 nitrogen and oxygen atoms in total. The van der Waals surface area contributed by atoms with Gasteiger partial charge in [0.15, 0.2) is 0 Å². The summed E-state index contributed by atoms with van der Waals surface area (Å²) in [6, 6.07) is 0. The lowest BCUT2D eigenvalue weighted by Gasteiger charge is -2.26. The van der Waals surface area contributed by atoms with E-state index in [4.69, 9.17) is 0 Å². The standard InChI is InChI=1S/C12H19Br5O/c13-7-1-2-8(14)10(16)5-6-12(18)11(17)4-3-9(7)15/h7-12,18H,1-6H2/t7-,8+,9+,10-,11-,12?/m1/s1. The van der Waals surface area contributed by atoms with Gasteiger partial charge in [-0.2, -0.15) is 0 Å². The predicted octanol–water partition coefficient (Wildman–Crippen LogP) is 5.52. The van der Waals surface area contributed by atoms with Gasteiger partial charge >= 0.3 is 0 Å². The van der Waals surface area contributed by atoms with E-state index in [0.717, 1.165) is 38.5 Å². The van der Waals surface area contributed by atoms with Gasteiger partial charge in [-0.05, 0) is 38.5 Å². The fourth-order valence-electron chi connectivity index (χ4n) is 2.06. The van der Waals surface area contributed by atoms with Crippen LogP contribution in [-0.4, -0.2) is 35.3 Å². The summed E-state index contributed by atoms with van der Waals surface area (Å²) >= 11 is 18.6. The van der Waals surface area contributed by atoms with E-state index >= 15 is 0 Å². The summed E-state index contributed by atoms with van der Waals surface area (Å²) < 4.78 is 0. The van der Waals surface area contributed by atoms with Crippen LogP contribution in [0.4, 0.5) is 0 Å². The molecule has 0 amide bonds. The van der Waals surface area contributed by atoms with Crippen LogP contribution in [0.5, 0.6) is 0 Å². The molecule has 0 heterocycles. The predicted molar refractivity (Wildman–Crippen MR) is 97.3 cm³/mol. The number of hydrogen-bond donors (Lipinski definition) is 1. The van der Waals surface area contributed by atoms with Gasteiger partial charge in [0.25, 0.3) is 0 Å². The van der Waals surface area contributed by atoms with E-state index in [1.165, 1.54) is 0 Å². The maximum absolute atomic E-state index is 10.1. The second-order valence-corrected chi connectivity index (χ2v) is 10.8. The molecule has 1 aliphatic carbocycles. The van der Waals surface area contributed by atoms with Crippen LogP contribution in [0.3, 0.4) is 0 Å². The highest BCUT2D eigenvalue weighted by Gasteiger charge is 2.25. The number of rotatable bonds is 0. The Morgan fingerprint density at radius 1 is 0.500 bits per heavy atom. The second kappa shape index (κ2) is 9.39. The average Bonchev–Trinajstić information content (AvgIpc) is 2.36. The molecule has 1 aliphatic rings. The highest BCUT2D eigenvalue weighted by molar-refractivity contribution is 9.12. The number of hydrogen-bond acceptors (Lipinski definition) is 1. The summed E-state index contributed by atoms with van der Waals surface area (Å²) in [5.41, 5.74) is 0. The van der Waals surface area contributed by atoms with Crippen LogP contribution < -0.4 is 0 Å². The SMILES string of the molecule is OC1CC[C@@H](Br)[C@@H](Br)CC[C@@H](Br)[C@@H](Br)CC[C@H]1Br. The number of halogens is 5. The fraction of sp³-hybridized carbons (Fsp3) is 1.00. The van der Waals surface area contributed by atoms with E-state index in [-0.39, 0.29) is 10.9 Å². The van der Waals surface area contributed by atoms with E-state index < -0.39 is 0 Å². The Balaban J connectivity index is 2.61. The lowest BCUT2D eigenvalue weighted by molar-refractivity contribution is 0.156. The molecule has 1 N–H and O–H groups in total. The zero-order valence-electron chi connectivity index (χ0n) is 10.0. The molecule has 0 saturated heterocycles. The quantitative estimate of drug-likeness (QED) is 0.376. The molecule has 1 fully saturated rings. The Kier molecular flexibility index (Phi) is 9.61. The maximum Gasteiger partial charge on any atom is 0.0665 e. The van der Waals surface area contributed by atoms with E-state index in [1.807, 2.05) is 0 Å². The zero-order chi connectivity index (χ0) is 13.7. The minimum Gasteiger partial charge on any atom is -0.392 e. The molecule has 0 spiro atoms. The zero-order valence-corrected chi connectivity index (χ0v) is 18.0. The highest BCUT2D eigenvalue weighted by Crippen LogP contribution is 2.32. The van der Waals surface area contributed by atoms with Crippen molar-refractivity contribution in [1.29, 1.82) is 0 Å². The first-order valence-electron chi connectivity index (χ1n) is 6.30. The van der Waals surface area contributed by atoms with Crippen molar-refractivity contribution in [1.82, 2.24) is 0 Å². The van der Waals surface area contributed by atoms with E-state index in [1.54, 1.807) is 0 Å². The molecular formula is C12H19Br5O. The monoisotopic (exact) mass is 574 g/mol. The van der Waals surface area contributed by atoms with E-state index in [0.29, 0.717) is 19.3 Å². The first-order chi connectivity index (χ1) is 8.41. The van der Waals surface area contributed by atoms with Gasteiger partial charge in [-0.25, -0.2) is 0 Å². The van der Waals surface area contributed by atoms with Crippen molar-refractivity contribution in [2.24, 2.45) is 0 Å². The molecule has 6 heteroatoms. The molecular weight excluding hydrogens is 560 g/mol. The Morgan fingerprint density at radius 3 is 1.17 bits per heavy atom. The van der Waals surface area contributed by atoms with Gasteiger partial charge in [-0.3, -0.25) is 0 Å². The lowest BCUT2D eigenvalue weighted by Crippen LogP contribution is -2.27. The van der Waals surface area contributed by atoms with Gasteiger partial charge in [-0.15, -0.1) is 0 Å². The Hall–Kier alpha value is 2.36. The minimum absolute atomic E-state index is 0.199. The largest absolute Gasteiger partial charge is 0.392 e. The third-order valence-corrected chi connectivity index (χ3v) is 10.2. The normalized spacial score (nSPS) is 45.0. The number of alkyl halides is 5. The Bertz CT molecular complexity index is 178. The molecule has 0 aromatic heterocycles. The van der Waals surface area contributed by atoms with Gasteiger partial charge in [0.05, 0.1) is 6.10 Å². The van der Waals surface area contributed by atoms with Crippen LogP contribution in [-0.2, 0) is 0 Å². The van der Waals surface area contributed by atoms with Crippen LogP contribution in [0.15, 0.2) is 0 Å². The third-order valence-electron chi connectivity index (χ3n) is 3.38. The van der Waals surface area contributed by atoms with Crippen molar-refractivity contribution in [3.8, 4) is 0 Å². The van der Waals surface area contributed by atoms with Crippen molar-refractivity contribution < 1.29 is 5.11 Å². The van der Waals surface area contributed by atoms with Crippen LogP contribution in [0, 0.1) is 0 Å². The first kappa shape index (κ1) is 18.4. The first-order valence-corrected chi connectivity index (χ1v) is 10.9. The average molecular weight is 579 g/mol. The summed E-state index contributed by atoms with van der Waals surface area (Å²) in [4.78, 5) is 2.06. The molecule has 1 saturated carbocycles. The lowest BCUT2D eigenvalue weighted by atomic mass is 9.99. The summed E-state index contributed by atoms with van der Waals surface area (Å²) in [7, 11) is 0. The van der Waals surface area contributed by atoms with Gasteiger partial charge in [-0.1, -0.05) is 79.6 Å². The van der Waals surface area contributed by atoms with Crippen LogP contribution in [0.2, 0.25) is 0 Å². The molecule has 108 valence electrons. The molecule has 0 aliphatic heterocycles. The maximum atomic E-state index is 10.1. The second-order valence-electron chi connectivity index (χ2n) is 4.88. The van der Waals surface area contributed by atoms with Crippen molar-refractivity contribution in [3.63, 3.8) is 0 Å². The van der Waals surface area contributed by atoms with Gasteiger partial charge in [0, 0.05) is 24.1 Å². The van der Waals surface area contributed by atoms with Gasteiger partial charge < -0.3 is 5.11 Å². The molecule has 18 heavy (non-hydrogen) atoms. The van der Waals surface area contributed by atoms with E-state index in [2.05, 4.69) is 79.6 Å². The van der Waals surface area contributed by atoms with Crippen molar-refractivity contribution in [2.45, 2.75) is 68.8 Å². The van der Waals surface area contributed by atoms with Crippen molar-refractivity contribution >= 4 is 79.6 Å². The number of aliphatic hydroxyl groups is 1. The fourth-order valence-corrected chi connectivity index (χ4v) is 4.71. The molecule has 0 bridgehead atoms. The summed E-state index contributed by atoms with van der Waals surface area (Å²) in [6.45, 7) is 0. The topological polar surface area (TPSA) is 20.2 Å². The van der Waals surface area contributed by atoms with E-state index in [9.17, 15) is 5.11 Å². The molecule has 0 aromatic carbocycles. The molecule has 6 atom stereocenters. The summed E-state index contributed by atoms with van der Waals surface area (Å²) in [6.07, 6.45) is 5.98. The molecule has 0 aromatic rings. The van der Waals surface area contributed by atoms with Gasteiger partial charge in [0.1, 0.15) is 0 Å². The molecule has 1 rings (SSSR count). The Labute approximate surface area is 152 Å². The molecule has 1 unspecified atom stereocenters. The van der Waals surface area contributed by atoms with Gasteiger partial charge in [0.2, 0.25) is 0 Å². The Morgan fingerprint density at radius 2 is 0.778 bits per heavy atom. The van der Waals surface area contributed by atoms with Crippen molar-refractivity contribution in [2.75, 3.05) is 0 Å². The van der Waals surface area contributed by atoms with Crippen LogP contribution in [0.25, 0.3) is 0 Å². The highest BCUT2D eigenvalue weighted by atomic mass is 79.9. The minimum atomic E-state index is -0.252. The molecule has 0 radical (unpaired) electrons. The van der Waals surface area contributed by atoms with Crippen molar-refractivity contribution in [3.05, 3.63) is 0 Å².